The number of hydrogen-bond acceptors (Lipinski definition) is 2. The molecule has 0 fully saturated rings. The fourth-order valence-electron chi connectivity index (χ4n) is 1.74. The molecule has 3 heteroatoms. The standard InChI is InChI=1S/C12H14N2O/c1-9-4-3-5-11(8-9)12(15)14-7-6-13-10(14)2/h3-5,8H,6-7H2,1-2H3. The van der Waals surface area contributed by atoms with Crippen molar-refractivity contribution in [3.8, 4) is 0 Å². The predicted octanol–water partition coefficient (Wildman–Crippen LogP) is 1.87. The molecule has 0 unspecified atom stereocenters. The number of amides is 1. The van der Waals surface area contributed by atoms with E-state index in [-0.39, 0.29) is 5.91 Å². The van der Waals surface area contributed by atoms with Crippen molar-refractivity contribution in [3.63, 3.8) is 0 Å². The van der Waals surface area contributed by atoms with E-state index in [4.69, 9.17) is 0 Å². The summed E-state index contributed by atoms with van der Waals surface area (Å²) >= 11 is 0. The molecule has 3 nitrogen and oxygen atoms in total. The van der Waals surface area contributed by atoms with E-state index >= 15 is 0 Å². The van der Waals surface area contributed by atoms with E-state index in [0.29, 0.717) is 6.54 Å². The molecule has 1 aliphatic heterocycles. The summed E-state index contributed by atoms with van der Waals surface area (Å²) < 4.78 is 0. The number of rotatable bonds is 1. The molecule has 15 heavy (non-hydrogen) atoms. The lowest BCUT2D eigenvalue weighted by Gasteiger charge is -2.15. The van der Waals surface area contributed by atoms with Gasteiger partial charge in [-0.2, -0.15) is 0 Å². The van der Waals surface area contributed by atoms with Gasteiger partial charge in [0, 0.05) is 12.1 Å². The zero-order valence-electron chi connectivity index (χ0n) is 9.03. The highest BCUT2D eigenvalue weighted by Gasteiger charge is 2.21. The first kappa shape index (κ1) is 9.90. The van der Waals surface area contributed by atoms with Crippen molar-refractivity contribution >= 4 is 11.7 Å². The van der Waals surface area contributed by atoms with E-state index in [9.17, 15) is 4.79 Å². The molecule has 0 aromatic heterocycles. The van der Waals surface area contributed by atoms with E-state index < -0.39 is 0 Å². The van der Waals surface area contributed by atoms with Crippen LogP contribution in [0.15, 0.2) is 29.3 Å². The van der Waals surface area contributed by atoms with Gasteiger partial charge in [-0.15, -0.1) is 0 Å². The summed E-state index contributed by atoms with van der Waals surface area (Å²) in [7, 11) is 0. The minimum atomic E-state index is 0.0532. The second-order valence-corrected chi connectivity index (χ2v) is 3.76. The number of benzene rings is 1. The Kier molecular flexibility index (Phi) is 2.54. The molecule has 2 rings (SSSR count). The van der Waals surface area contributed by atoms with Gasteiger partial charge < -0.3 is 0 Å². The van der Waals surface area contributed by atoms with E-state index in [0.717, 1.165) is 23.5 Å². The zero-order valence-corrected chi connectivity index (χ0v) is 9.03. The highest BCUT2D eigenvalue weighted by Crippen LogP contribution is 2.11. The Hall–Kier alpha value is -1.64. The molecule has 0 radical (unpaired) electrons. The van der Waals surface area contributed by atoms with Crippen molar-refractivity contribution in [2.24, 2.45) is 4.99 Å². The third kappa shape index (κ3) is 1.91. The lowest BCUT2D eigenvalue weighted by atomic mass is 10.1. The minimum Gasteiger partial charge on any atom is -0.295 e. The number of aliphatic imine (C=N–C) groups is 1. The molecule has 0 aliphatic carbocycles. The summed E-state index contributed by atoms with van der Waals surface area (Å²) in [5.74, 6) is 0.874. The Morgan fingerprint density at radius 3 is 2.80 bits per heavy atom. The normalized spacial score (nSPS) is 15.3. The third-order valence-electron chi connectivity index (χ3n) is 2.57. The highest BCUT2D eigenvalue weighted by molar-refractivity contribution is 6.06. The van der Waals surface area contributed by atoms with Gasteiger partial charge in [-0.1, -0.05) is 17.7 Å². The molecule has 1 heterocycles. The first-order chi connectivity index (χ1) is 7.18. The summed E-state index contributed by atoms with van der Waals surface area (Å²) in [5.41, 5.74) is 1.85. The average molecular weight is 202 g/mol. The van der Waals surface area contributed by atoms with Gasteiger partial charge in [0.1, 0.15) is 5.84 Å². The van der Waals surface area contributed by atoms with Gasteiger partial charge in [-0.25, -0.2) is 0 Å². The van der Waals surface area contributed by atoms with E-state index in [2.05, 4.69) is 4.99 Å². The molecule has 0 saturated carbocycles. The van der Waals surface area contributed by atoms with Gasteiger partial charge >= 0.3 is 0 Å². The molecule has 78 valence electrons. The maximum Gasteiger partial charge on any atom is 0.259 e. The topological polar surface area (TPSA) is 32.7 Å². The molecular formula is C12H14N2O. The Morgan fingerprint density at radius 1 is 1.40 bits per heavy atom. The minimum absolute atomic E-state index is 0.0532. The molecular weight excluding hydrogens is 188 g/mol. The number of carbonyl (C=O) groups is 1. The number of aryl methyl sites for hydroxylation is 1. The Balaban J connectivity index is 2.25. The van der Waals surface area contributed by atoms with Crippen LogP contribution in [-0.4, -0.2) is 29.7 Å². The van der Waals surface area contributed by atoms with Crippen molar-refractivity contribution < 1.29 is 4.79 Å². The van der Waals surface area contributed by atoms with Gasteiger partial charge in [0.25, 0.3) is 5.91 Å². The fraction of sp³-hybridized carbons (Fsp3) is 0.333. The molecule has 1 aromatic carbocycles. The maximum atomic E-state index is 12.1. The van der Waals surface area contributed by atoms with E-state index in [1.807, 2.05) is 38.1 Å². The summed E-state index contributed by atoms with van der Waals surface area (Å²) in [5, 5.41) is 0. The molecule has 1 aliphatic rings. The second kappa shape index (κ2) is 3.85. The zero-order chi connectivity index (χ0) is 10.8. The number of nitrogens with zero attached hydrogens (tertiary/aromatic N) is 2. The molecule has 0 spiro atoms. The first-order valence-corrected chi connectivity index (χ1v) is 5.08. The van der Waals surface area contributed by atoms with Crippen LogP contribution in [0, 0.1) is 6.92 Å². The van der Waals surface area contributed by atoms with Crippen molar-refractivity contribution in [2.75, 3.05) is 13.1 Å². The van der Waals surface area contributed by atoms with Crippen LogP contribution in [0.3, 0.4) is 0 Å². The molecule has 1 amide bonds. The Morgan fingerprint density at radius 2 is 2.20 bits per heavy atom. The third-order valence-corrected chi connectivity index (χ3v) is 2.57. The summed E-state index contributed by atoms with van der Waals surface area (Å²) in [6.07, 6.45) is 0. The van der Waals surface area contributed by atoms with Gasteiger partial charge in [0.05, 0.1) is 6.54 Å². The van der Waals surface area contributed by atoms with Gasteiger partial charge in [0.15, 0.2) is 0 Å². The fourth-order valence-corrected chi connectivity index (χ4v) is 1.74. The predicted molar refractivity (Wildman–Crippen MR) is 60.2 cm³/mol. The van der Waals surface area contributed by atoms with Gasteiger partial charge in [-0.3, -0.25) is 14.7 Å². The van der Waals surface area contributed by atoms with Gasteiger partial charge in [0.2, 0.25) is 0 Å². The molecule has 0 atom stereocenters. The van der Waals surface area contributed by atoms with Crippen LogP contribution in [0.1, 0.15) is 22.8 Å². The number of carbonyl (C=O) groups excluding carboxylic acids is 1. The maximum absolute atomic E-state index is 12.1. The SMILES string of the molecule is CC1=NCCN1C(=O)c1cccc(C)c1. The number of hydrogen-bond donors (Lipinski definition) is 0. The molecule has 0 N–H and O–H groups in total. The van der Waals surface area contributed by atoms with E-state index in [1.165, 1.54) is 0 Å². The first-order valence-electron chi connectivity index (χ1n) is 5.08. The molecule has 0 bridgehead atoms. The summed E-state index contributed by atoms with van der Waals surface area (Å²) in [6.45, 7) is 5.30. The van der Waals surface area contributed by atoms with Crippen LogP contribution in [0.4, 0.5) is 0 Å². The highest BCUT2D eigenvalue weighted by atomic mass is 16.2. The molecule has 1 aromatic rings. The lowest BCUT2D eigenvalue weighted by Crippen LogP contribution is -2.32. The van der Waals surface area contributed by atoms with Crippen LogP contribution in [-0.2, 0) is 0 Å². The van der Waals surface area contributed by atoms with Crippen LogP contribution in [0.25, 0.3) is 0 Å². The molecule has 0 saturated heterocycles. The van der Waals surface area contributed by atoms with Crippen molar-refractivity contribution in [3.05, 3.63) is 35.4 Å². The monoisotopic (exact) mass is 202 g/mol. The lowest BCUT2D eigenvalue weighted by molar-refractivity contribution is 0.0857. The second-order valence-electron chi connectivity index (χ2n) is 3.76. The van der Waals surface area contributed by atoms with Crippen LogP contribution >= 0.6 is 0 Å². The Labute approximate surface area is 89.4 Å². The summed E-state index contributed by atoms with van der Waals surface area (Å²) in [6, 6.07) is 7.65. The smallest absolute Gasteiger partial charge is 0.259 e. The van der Waals surface area contributed by atoms with Crippen LogP contribution in [0.5, 0.6) is 0 Å². The van der Waals surface area contributed by atoms with Crippen molar-refractivity contribution in [1.29, 1.82) is 0 Å². The van der Waals surface area contributed by atoms with Crippen molar-refractivity contribution in [2.45, 2.75) is 13.8 Å². The van der Waals surface area contributed by atoms with Crippen molar-refractivity contribution in [1.82, 2.24) is 4.90 Å². The van der Waals surface area contributed by atoms with Crippen LogP contribution < -0.4 is 0 Å². The van der Waals surface area contributed by atoms with E-state index in [1.54, 1.807) is 4.90 Å². The van der Waals surface area contributed by atoms with Crippen LogP contribution in [0.2, 0.25) is 0 Å². The number of amidine groups is 1. The van der Waals surface area contributed by atoms with Gasteiger partial charge in [-0.05, 0) is 26.0 Å². The largest absolute Gasteiger partial charge is 0.295 e. The Bertz CT molecular complexity index is 423. The summed E-state index contributed by atoms with van der Waals surface area (Å²) in [4.78, 5) is 18.0. The average Bonchev–Trinajstić information content (AvgIpc) is 2.63. The quantitative estimate of drug-likeness (QED) is 0.684.